The van der Waals surface area contributed by atoms with Crippen molar-refractivity contribution in [1.82, 2.24) is 9.13 Å². The molecule has 1 aliphatic rings. The first kappa shape index (κ1) is 24.8. The first-order valence-corrected chi connectivity index (χ1v) is 10.3. The molecule has 0 radical (unpaired) electrons. The van der Waals surface area contributed by atoms with E-state index in [0.29, 0.717) is 4.57 Å². The highest BCUT2D eigenvalue weighted by Gasteiger charge is 2.40. The lowest BCUT2D eigenvalue weighted by molar-refractivity contribution is -0.155. The Morgan fingerprint density at radius 3 is 2.41 bits per heavy atom. The van der Waals surface area contributed by atoms with Gasteiger partial charge in [-0.05, 0) is 25.1 Å². The zero-order valence-corrected chi connectivity index (χ0v) is 18.7. The molecule has 0 amide bonds. The summed E-state index contributed by atoms with van der Waals surface area (Å²) in [7, 11) is 0. The molecule has 1 aromatic carbocycles. The Morgan fingerprint density at radius 2 is 1.82 bits per heavy atom. The fourth-order valence-corrected chi connectivity index (χ4v) is 3.54. The summed E-state index contributed by atoms with van der Waals surface area (Å²) in [6.07, 6.45) is -0.939. The Kier molecular flexibility index (Phi) is 7.57. The molecular formula is C23H23FN2O8. The molecule has 180 valence electrons. The van der Waals surface area contributed by atoms with Crippen LogP contribution in [0.15, 0.2) is 46.4 Å². The summed E-state index contributed by atoms with van der Waals surface area (Å²) in [5.74, 6) is -2.10. The molecule has 1 aromatic heterocycles. The summed E-state index contributed by atoms with van der Waals surface area (Å²) >= 11 is 0. The number of rotatable bonds is 6. The van der Waals surface area contributed by atoms with Crippen LogP contribution in [0.4, 0.5) is 4.39 Å². The number of esters is 2. The lowest BCUT2D eigenvalue weighted by atomic mass is 10.1. The normalized spacial score (nSPS) is 19.8. The fourth-order valence-electron chi connectivity index (χ4n) is 3.54. The highest BCUT2D eigenvalue weighted by Crippen LogP contribution is 2.30. The van der Waals surface area contributed by atoms with Gasteiger partial charge in [-0.2, -0.15) is 4.57 Å². The molecule has 0 spiro atoms. The number of nitrogens with zero attached hydrogens (tertiary/aromatic N) is 2. The van der Waals surface area contributed by atoms with E-state index in [1.54, 1.807) is 12.1 Å². The van der Waals surface area contributed by atoms with E-state index in [1.165, 1.54) is 26.0 Å². The molecule has 0 unspecified atom stereocenters. The Balaban J connectivity index is 2.07. The molecule has 3 rings (SSSR count). The number of hydrogen-bond donors (Lipinski definition) is 0. The van der Waals surface area contributed by atoms with Gasteiger partial charge in [0, 0.05) is 32.0 Å². The molecule has 0 bridgehead atoms. The van der Waals surface area contributed by atoms with Crippen LogP contribution in [0.2, 0.25) is 0 Å². The average molecular weight is 473 g/mol. The third-order valence-electron chi connectivity index (χ3n) is 5.14. The highest BCUT2D eigenvalue weighted by atomic mass is 18.2. The molecule has 0 N–H and O–H groups in total. The summed E-state index contributed by atoms with van der Waals surface area (Å²) in [5, 5.41) is 0. The first-order valence-electron chi connectivity index (χ1n) is 10.3. The minimum Gasteiger partial charge on any atom is -0.463 e. The number of aryl methyl sites for hydroxylation is 1. The smallest absolute Gasteiger partial charge is 0.340 e. The molecule has 2 aromatic rings. The Morgan fingerprint density at radius 1 is 1.15 bits per heavy atom. The van der Waals surface area contributed by atoms with Crippen LogP contribution >= 0.6 is 0 Å². The van der Waals surface area contributed by atoms with Gasteiger partial charge in [-0.1, -0.05) is 17.7 Å². The van der Waals surface area contributed by atoms with Crippen molar-refractivity contribution in [3.05, 3.63) is 74.3 Å². The third-order valence-corrected chi connectivity index (χ3v) is 5.14. The van der Waals surface area contributed by atoms with Crippen LogP contribution in [-0.2, 0) is 23.8 Å². The van der Waals surface area contributed by atoms with E-state index in [1.807, 2.05) is 6.92 Å². The van der Waals surface area contributed by atoms with Crippen LogP contribution in [0.5, 0.6) is 0 Å². The number of ether oxygens (including phenoxy) is 3. The Bertz CT molecular complexity index is 1250. The maximum absolute atomic E-state index is 13.2. The SMILES string of the molecule is CC(=O)OC[C@H]1O[C@@H](n2cc(/C=C/[18F])c(=O)n(C(=O)c3ccc(C)cc3)c2=O)C[C@@H]1OC(C)=O. The van der Waals surface area contributed by atoms with E-state index in [4.69, 9.17) is 14.2 Å². The number of halogens is 1. The van der Waals surface area contributed by atoms with Crippen molar-refractivity contribution in [3.63, 3.8) is 0 Å². The molecule has 34 heavy (non-hydrogen) atoms. The topological polar surface area (TPSA) is 123 Å². The Labute approximate surface area is 193 Å². The molecule has 3 atom stereocenters. The molecule has 11 heteroatoms. The van der Waals surface area contributed by atoms with Crippen molar-refractivity contribution < 1.29 is 33.0 Å². The van der Waals surface area contributed by atoms with Crippen LogP contribution in [0.3, 0.4) is 0 Å². The van der Waals surface area contributed by atoms with E-state index in [9.17, 15) is 28.4 Å². The van der Waals surface area contributed by atoms with Gasteiger partial charge in [0.25, 0.3) is 11.5 Å². The number of carbonyl (C=O) groups excluding carboxylic acids is 3. The van der Waals surface area contributed by atoms with E-state index < -0.39 is 47.5 Å². The van der Waals surface area contributed by atoms with E-state index >= 15 is 0 Å². The minimum absolute atomic E-state index is 0.0406. The number of aromatic nitrogens is 2. The van der Waals surface area contributed by atoms with Crippen molar-refractivity contribution >= 4 is 23.9 Å². The molecule has 2 heterocycles. The van der Waals surface area contributed by atoms with E-state index in [2.05, 4.69) is 0 Å². The van der Waals surface area contributed by atoms with Crippen molar-refractivity contribution in [3.8, 4) is 0 Å². The lowest BCUT2D eigenvalue weighted by Gasteiger charge is -2.18. The van der Waals surface area contributed by atoms with Gasteiger partial charge in [-0.3, -0.25) is 23.7 Å². The molecule has 1 aliphatic heterocycles. The second-order valence-electron chi connectivity index (χ2n) is 7.69. The van der Waals surface area contributed by atoms with Gasteiger partial charge >= 0.3 is 17.6 Å². The van der Waals surface area contributed by atoms with Gasteiger partial charge in [-0.15, -0.1) is 0 Å². The van der Waals surface area contributed by atoms with Crippen LogP contribution in [0.25, 0.3) is 6.08 Å². The highest BCUT2D eigenvalue weighted by molar-refractivity contribution is 5.95. The molecule has 1 fully saturated rings. The van der Waals surface area contributed by atoms with Crippen LogP contribution in [-0.4, -0.2) is 45.8 Å². The van der Waals surface area contributed by atoms with Crippen molar-refractivity contribution in [2.75, 3.05) is 6.61 Å². The van der Waals surface area contributed by atoms with Gasteiger partial charge < -0.3 is 14.2 Å². The minimum atomic E-state index is -1.10. The second kappa shape index (κ2) is 10.4. The quantitative estimate of drug-likeness (QED) is 0.582. The third kappa shape index (κ3) is 5.37. The molecular weight excluding hydrogens is 450 g/mol. The van der Waals surface area contributed by atoms with Crippen LogP contribution in [0, 0.1) is 6.92 Å². The van der Waals surface area contributed by atoms with Crippen molar-refractivity contribution in [1.29, 1.82) is 0 Å². The number of carbonyl (C=O) groups is 3. The van der Waals surface area contributed by atoms with Crippen LogP contribution in [0.1, 0.15) is 48.0 Å². The molecule has 10 nitrogen and oxygen atoms in total. The predicted molar refractivity (Wildman–Crippen MR) is 117 cm³/mol. The van der Waals surface area contributed by atoms with E-state index in [-0.39, 0.29) is 30.5 Å². The summed E-state index contributed by atoms with van der Waals surface area (Å²) in [6.45, 7) is 3.94. The summed E-state index contributed by atoms with van der Waals surface area (Å²) in [4.78, 5) is 61.8. The average Bonchev–Trinajstić information content (AvgIpc) is 3.16. The van der Waals surface area contributed by atoms with Gasteiger partial charge in [0.1, 0.15) is 25.0 Å². The predicted octanol–water partition coefficient (Wildman–Crippen LogP) is 1.73. The maximum atomic E-state index is 13.2. The molecule has 1 saturated heterocycles. The molecule has 0 aliphatic carbocycles. The number of hydrogen-bond acceptors (Lipinski definition) is 8. The van der Waals surface area contributed by atoms with Gasteiger partial charge in [0.2, 0.25) is 0 Å². The first-order chi connectivity index (χ1) is 16.1. The second-order valence-corrected chi connectivity index (χ2v) is 7.69. The summed E-state index contributed by atoms with van der Waals surface area (Å²) in [6, 6.07) is 6.21. The number of benzene rings is 1. The summed E-state index contributed by atoms with van der Waals surface area (Å²) < 4.78 is 30.3. The largest absolute Gasteiger partial charge is 0.463 e. The maximum Gasteiger partial charge on any atom is 0.340 e. The van der Waals surface area contributed by atoms with Crippen molar-refractivity contribution in [2.24, 2.45) is 0 Å². The zero-order valence-electron chi connectivity index (χ0n) is 18.7. The molecule has 0 saturated carbocycles. The zero-order chi connectivity index (χ0) is 25.0. The monoisotopic (exact) mass is 473 g/mol. The Hall–Kier alpha value is -3.86. The van der Waals surface area contributed by atoms with Crippen LogP contribution < -0.4 is 11.2 Å². The standard InChI is InChI=1S/C23H23FN2O8/c1-13-4-6-16(7-5-13)21(29)26-22(30)17(8-9-24)11-25(23(26)31)20-10-18(33-15(3)28)19(34-20)12-32-14(2)27/h4-9,11,18-20H,10,12H2,1-3H3/b9-8+/t18-,19+,20+/m0/s1/i24-1. The lowest BCUT2D eigenvalue weighted by Crippen LogP contribution is -2.45. The van der Waals surface area contributed by atoms with Crippen molar-refractivity contribution in [2.45, 2.75) is 45.6 Å². The van der Waals surface area contributed by atoms with Gasteiger partial charge in [0.05, 0.1) is 11.9 Å². The van der Waals surface area contributed by atoms with Gasteiger partial charge in [-0.25, -0.2) is 9.18 Å². The summed E-state index contributed by atoms with van der Waals surface area (Å²) in [5.41, 5.74) is -1.36. The van der Waals surface area contributed by atoms with E-state index in [0.717, 1.165) is 22.4 Å². The van der Waals surface area contributed by atoms with Gasteiger partial charge in [0.15, 0.2) is 0 Å². The fraction of sp³-hybridized carbons (Fsp3) is 0.348.